The fraction of sp³-hybridized carbons (Fsp3) is 0.348. The number of aromatic nitrogens is 1. The van der Waals surface area contributed by atoms with Crippen LogP contribution in [0.2, 0.25) is 0 Å². The van der Waals surface area contributed by atoms with E-state index in [9.17, 15) is 19.5 Å². The van der Waals surface area contributed by atoms with E-state index < -0.39 is 11.8 Å². The molecule has 2 N–H and O–H groups in total. The number of aromatic amines is 1. The lowest BCUT2D eigenvalue weighted by molar-refractivity contribution is 0.0647. The zero-order valence-electron chi connectivity index (χ0n) is 17.7. The van der Waals surface area contributed by atoms with Gasteiger partial charge in [0.25, 0.3) is 0 Å². The van der Waals surface area contributed by atoms with Gasteiger partial charge in [-0.3, -0.25) is 14.7 Å². The van der Waals surface area contributed by atoms with Gasteiger partial charge in [0, 0.05) is 38.2 Å². The second-order valence-corrected chi connectivity index (χ2v) is 7.88. The molecule has 0 saturated carbocycles. The van der Waals surface area contributed by atoms with Gasteiger partial charge in [0.1, 0.15) is 5.75 Å². The summed E-state index contributed by atoms with van der Waals surface area (Å²) in [4.78, 5) is 41.9. The molecule has 1 atom stereocenters. The number of methoxy groups -OCH3 is 1. The number of amides is 1. The van der Waals surface area contributed by atoms with Crippen LogP contribution in [0.25, 0.3) is 11.1 Å². The van der Waals surface area contributed by atoms with Crippen LogP contribution in [-0.4, -0.2) is 71.1 Å². The summed E-state index contributed by atoms with van der Waals surface area (Å²) in [6.45, 7) is 2.02. The van der Waals surface area contributed by atoms with Crippen LogP contribution >= 0.6 is 0 Å². The Balaban J connectivity index is 1.40. The summed E-state index contributed by atoms with van der Waals surface area (Å²) in [7, 11) is 1.60. The Hall–Kier alpha value is -3.59. The van der Waals surface area contributed by atoms with Crippen molar-refractivity contribution in [3.05, 3.63) is 64.1 Å². The number of ether oxygens (including phenoxy) is 1. The molecular formula is C23H25N3O6. The van der Waals surface area contributed by atoms with E-state index in [2.05, 4.69) is 9.88 Å². The van der Waals surface area contributed by atoms with Gasteiger partial charge in [0.2, 0.25) is 0 Å². The van der Waals surface area contributed by atoms with Crippen molar-refractivity contribution in [1.29, 1.82) is 0 Å². The first-order valence-electron chi connectivity index (χ1n) is 10.4. The number of rotatable bonds is 7. The van der Waals surface area contributed by atoms with Crippen molar-refractivity contribution in [3.63, 3.8) is 0 Å². The number of ketones is 1. The molecule has 9 nitrogen and oxygen atoms in total. The van der Waals surface area contributed by atoms with Crippen LogP contribution in [0.5, 0.6) is 5.75 Å². The average molecular weight is 439 g/mol. The number of nitrogens with zero attached hydrogens (tertiary/aromatic N) is 2. The Labute approximate surface area is 184 Å². The first kappa shape index (κ1) is 21.6. The maximum absolute atomic E-state index is 12.7. The van der Waals surface area contributed by atoms with Gasteiger partial charge in [0.05, 0.1) is 18.7 Å². The monoisotopic (exact) mass is 439 g/mol. The Bertz CT molecular complexity index is 1180. The molecule has 32 heavy (non-hydrogen) atoms. The SMILES string of the molecule is COc1cccc(CC2CN(CCC(=O)c3ccc4[nH]c(=O)oc4c3)CCN2C(=O)O)c1. The summed E-state index contributed by atoms with van der Waals surface area (Å²) < 4.78 is 10.3. The second kappa shape index (κ2) is 9.27. The van der Waals surface area contributed by atoms with Crippen LogP contribution in [0.1, 0.15) is 22.3 Å². The predicted octanol–water partition coefficient (Wildman–Crippen LogP) is 2.61. The topological polar surface area (TPSA) is 116 Å². The lowest BCUT2D eigenvalue weighted by Gasteiger charge is -2.40. The molecule has 0 spiro atoms. The Morgan fingerprint density at radius 3 is 2.84 bits per heavy atom. The first-order chi connectivity index (χ1) is 15.4. The van der Waals surface area contributed by atoms with E-state index in [-0.39, 0.29) is 11.8 Å². The van der Waals surface area contributed by atoms with Gasteiger partial charge in [-0.05, 0) is 42.3 Å². The molecule has 1 fully saturated rings. The highest BCUT2D eigenvalue weighted by Crippen LogP contribution is 2.20. The van der Waals surface area contributed by atoms with Crippen molar-refractivity contribution in [2.24, 2.45) is 0 Å². The highest BCUT2D eigenvalue weighted by molar-refractivity contribution is 5.98. The minimum atomic E-state index is -0.935. The van der Waals surface area contributed by atoms with Crippen LogP contribution < -0.4 is 10.5 Å². The van der Waals surface area contributed by atoms with E-state index in [0.29, 0.717) is 55.7 Å². The largest absolute Gasteiger partial charge is 0.497 e. The molecule has 9 heteroatoms. The number of carbonyl (C=O) groups is 2. The zero-order valence-corrected chi connectivity index (χ0v) is 17.7. The number of benzene rings is 2. The van der Waals surface area contributed by atoms with Crippen molar-refractivity contribution in [3.8, 4) is 5.75 Å². The average Bonchev–Trinajstić information content (AvgIpc) is 3.16. The second-order valence-electron chi connectivity index (χ2n) is 7.88. The van der Waals surface area contributed by atoms with Crippen LogP contribution in [0, 0.1) is 0 Å². The first-order valence-corrected chi connectivity index (χ1v) is 10.4. The number of nitrogens with one attached hydrogen (secondary N) is 1. The quantitative estimate of drug-likeness (QED) is 0.544. The normalized spacial score (nSPS) is 16.9. The van der Waals surface area contributed by atoms with E-state index in [4.69, 9.17) is 9.15 Å². The van der Waals surface area contributed by atoms with Crippen LogP contribution in [0.3, 0.4) is 0 Å². The molecule has 1 aliphatic heterocycles. The van der Waals surface area contributed by atoms with Crippen molar-refractivity contribution < 1.29 is 23.8 Å². The van der Waals surface area contributed by atoms with Crippen LogP contribution in [0.15, 0.2) is 51.7 Å². The summed E-state index contributed by atoms with van der Waals surface area (Å²) in [5.41, 5.74) is 2.39. The molecule has 0 radical (unpaired) electrons. The molecule has 1 saturated heterocycles. The molecule has 3 aromatic rings. The Morgan fingerprint density at radius 1 is 1.22 bits per heavy atom. The smallest absolute Gasteiger partial charge is 0.417 e. The third-order valence-electron chi connectivity index (χ3n) is 5.82. The molecule has 0 bridgehead atoms. The van der Waals surface area contributed by atoms with Gasteiger partial charge >= 0.3 is 11.8 Å². The molecular weight excluding hydrogens is 414 g/mol. The number of carboxylic acid groups (broad SMARTS) is 1. The van der Waals surface area contributed by atoms with Gasteiger partial charge in [-0.15, -0.1) is 0 Å². The molecule has 1 aromatic heterocycles. The minimum absolute atomic E-state index is 0.0549. The number of Topliss-reactive ketones (excluding diaryl/α,β-unsaturated/α-hetero) is 1. The lowest BCUT2D eigenvalue weighted by atomic mass is 10.0. The van der Waals surface area contributed by atoms with E-state index >= 15 is 0 Å². The van der Waals surface area contributed by atoms with Gasteiger partial charge in [-0.2, -0.15) is 0 Å². The van der Waals surface area contributed by atoms with Crippen LogP contribution in [-0.2, 0) is 6.42 Å². The van der Waals surface area contributed by atoms with Gasteiger partial charge in [0.15, 0.2) is 11.4 Å². The third kappa shape index (κ3) is 4.83. The lowest BCUT2D eigenvalue weighted by Crippen LogP contribution is -2.55. The number of hydrogen-bond acceptors (Lipinski definition) is 6. The maximum Gasteiger partial charge on any atom is 0.417 e. The van der Waals surface area contributed by atoms with Crippen molar-refractivity contribution in [1.82, 2.24) is 14.8 Å². The summed E-state index contributed by atoms with van der Waals surface area (Å²) in [6.07, 6.45) is -0.0779. The Kier molecular flexibility index (Phi) is 6.27. The number of fused-ring (bicyclic) bond motifs is 1. The maximum atomic E-state index is 12.7. The molecule has 1 aliphatic rings. The summed E-state index contributed by atoms with van der Waals surface area (Å²) in [6, 6.07) is 12.3. The standard InChI is InChI=1S/C23H25N3O6/c1-31-18-4-2-3-15(12-18)11-17-14-25(9-10-26(17)23(29)30)8-7-20(27)16-5-6-19-21(13-16)32-22(28)24-19/h2-6,12-13,17H,7-11,14H2,1H3,(H,24,28)(H,29,30). The van der Waals surface area contributed by atoms with Crippen molar-refractivity contribution >= 4 is 23.0 Å². The van der Waals surface area contributed by atoms with Crippen LogP contribution in [0.4, 0.5) is 4.79 Å². The summed E-state index contributed by atoms with van der Waals surface area (Å²) in [5.74, 6) is 0.126. The van der Waals surface area contributed by atoms with Crippen molar-refractivity contribution in [2.75, 3.05) is 33.3 Å². The summed E-state index contributed by atoms with van der Waals surface area (Å²) >= 11 is 0. The highest BCUT2D eigenvalue weighted by atomic mass is 16.5. The Morgan fingerprint density at radius 2 is 2.06 bits per heavy atom. The molecule has 2 aromatic carbocycles. The summed E-state index contributed by atoms with van der Waals surface area (Å²) in [5, 5.41) is 9.62. The fourth-order valence-corrected chi connectivity index (χ4v) is 4.14. The third-order valence-corrected chi connectivity index (χ3v) is 5.82. The number of oxazole rings is 1. The van der Waals surface area contributed by atoms with Crippen molar-refractivity contribution in [2.45, 2.75) is 18.9 Å². The van der Waals surface area contributed by atoms with E-state index in [1.807, 2.05) is 24.3 Å². The number of H-pyrrole nitrogens is 1. The molecule has 0 aliphatic carbocycles. The molecule has 2 heterocycles. The van der Waals surface area contributed by atoms with E-state index in [1.165, 1.54) is 4.90 Å². The van der Waals surface area contributed by atoms with Gasteiger partial charge < -0.3 is 19.2 Å². The molecule has 4 rings (SSSR count). The zero-order chi connectivity index (χ0) is 22.7. The highest BCUT2D eigenvalue weighted by Gasteiger charge is 2.30. The van der Waals surface area contributed by atoms with Gasteiger partial charge in [-0.25, -0.2) is 9.59 Å². The predicted molar refractivity (Wildman–Crippen MR) is 117 cm³/mol. The fourth-order valence-electron chi connectivity index (χ4n) is 4.14. The molecule has 1 amide bonds. The van der Waals surface area contributed by atoms with Gasteiger partial charge in [-0.1, -0.05) is 12.1 Å². The number of piperazine rings is 1. The molecule has 1 unspecified atom stereocenters. The van der Waals surface area contributed by atoms with E-state index in [0.717, 1.165) is 11.3 Å². The number of carbonyl (C=O) groups excluding carboxylic acids is 1. The number of hydrogen-bond donors (Lipinski definition) is 2. The van der Waals surface area contributed by atoms with E-state index in [1.54, 1.807) is 25.3 Å². The molecule has 168 valence electrons. The minimum Gasteiger partial charge on any atom is -0.497 e.